The molecule has 2 aromatic carbocycles. The van der Waals surface area contributed by atoms with E-state index in [0.717, 1.165) is 0 Å². The minimum absolute atomic E-state index is 0.121. The molecule has 0 heterocycles. The van der Waals surface area contributed by atoms with E-state index in [1.165, 1.54) is 38.2 Å². The summed E-state index contributed by atoms with van der Waals surface area (Å²) in [6.45, 7) is 5.14. The topological polar surface area (TPSA) is 118 Å². The van der Waals surface area contributed by atoms with Crippen LogP contribution in [0, 0.1) is 17.2 Å². The molecule has 2 atom stereocenters. The van der Waals surface area contributed by atoms with Gasteiger partial charge in [-0.15, -0.1) is 0 Å². The predicted octanol–water partition coefficient (Wildman–Crippen LogP) is 3.34. The SMILES string of the molecule is COc1cc(OC)cc(C(=O)NC(C(=O)OC(C)C(=O)N(CCC#N)c2ccccc2)C(C)C)c1. The number of carbonyl (C=O) groups excluding carboxylic acids is 3. The second-order valence-electron chi connectivity index (χ2n) is 8.11. The summed E-state index contributed by atoms with van der Waals surface area (Å²) in [4.78, 5) is 40.4. The Morgan fingerprint density at radius 3 is 2.11 bits per heavy atom. The molecule has 186 valence electrons. The van der Waals surface area contributed by atoms with Crippen LogP contribution in [0.2, 0.25) is 0 Å². The van der Waals surface area contributed by atoms with Gasteiger partial charge in [0, 0.05) is 23.9 Å². The van der Waals surface area contributed by atoms with Gasteiger partial charge in [-0.05, 0) is 37.1 Å². The van der Waals surface area contributed by atoms with Crippen molar-refractivity contribution in [2.45, 2.75) is 39.3 Å². The Morgan fingerprint density at radius 2 is 1.60 bits per heavy atom. The number of amides is 2. The number of benzene rings is 2. The third kappa shape index (κ3) is 7.47. The highest BCUT2D eigenvalue weighted by molar-refractivity contribution is 5.99. The lowest BCUT2D eigenvalue weighted by Crippen LogP contribution is -2.48. The third-order valence-electron chi connectivity index (χ3n) is 5.24. The number of hydrogen-bond acceptors (Lipinski definition) is 7. The highest BCUT2D eigenvalue weighted by Crippen LogP contribution is 2.23. The summed E-state index contributed by atoms with van der Waals surface area (Å²) in [5, 5.41) is 11.7. The van der Waals surface area contributed by atoms with Gasteiger partial charge in [0.15, 0.2) is 6.10 Å². The van der Waals surface area contributed by atoms with E-state index in [0.29, 0.717) is 17.2 Å². The number of esters is 1. The Kier molecular flexibility index (Phi) is 10.1. The minimum atomic E-state index is -1.13. The first kappa shape index (κ1) is 27.2. The zero-order chi connectivity index (χ0) is 26.0. The molecule has 0 aliphatic heterocycles. The van der Waals surface area contributed by atoms with E-state index in [4.69, 9.17) is 19.5 Å². The van der Waals surface area contributed by atoms with Gasteiger partial charge in [-0.2, -0.15) is 5.26 Å². The fourth-order valence-electron chi connectivity index (χ4n) is 3.31. The summed E-state index contributed by atoms with van der Waals surface area (Å²) in [6.07, 6.45) is -1.01. The molecule has 0 fully saturated rings. The van der Waals surface area contributed by atoms with Crippen molar-refractivity contribution in [3.63, 3.8) is 0 Å². The maximum Gasteiger partial charge on any atom is 0.329 e. The largest absolute Gasteiger partial charge is 0.497 e. The van der Waals surface area contributed by atoms with Gasteiger partial charge in [0.2, 0.25) is 0 Å². The zero-order valence-corrected chi connectivity index (χ0v) is 20.6. The second kappa shape index (κ2) is 13.0. The summed E-state index contributed by atoms with van der Waals surface area (Å²) in [7, 11) is 2.94. The molecule has 0 bridgehead atoms. The van der Waals surface area contributed by atoms with E-state index in [1.807, 2.05) is 12.1 Å². The average molecular weight is 482 g/mol. The Hall–Kier alpha value is -4.06. The second-order valence-corrected chi connectivity index (χ2v) is 8.11. The van der Waals surface area contributed by atoms with Crippen LogP contribution in [-0.4, -0.2) is 50.7 Å². The molecule has 35 heavy (non-hydrogen) atoms. The standard InChI is InChI=1S/C26H31N3O6/c1-17(2)23(28-24(30)19-14-21(33-4)16-22(15-19)34-5)26(32)35-18(3)25(31)29(13-9-12-27)20-10-7-6-8-11-20/h6-8,10-11,14-18,23H,9,13H2,1-5H3,(H,28,30). The van der Waals surface area contributed by atoms with Crippen molar-refractivity contribution in [3.8, 4) is 17.6 Å². The van der Waals surface area contributed by atoms with Gasteiger partial charge in [0.05, 0.1) is 26.7 Å². The molecule has 2 amide bonds. The molecule has 0 spiro atoms. The summed E-state index contributed by atoms with van der Waals surface area (Å²) >= 11 is 0. The van der Waals surface area contributed by atoms with Gasteiger partial charge in [-0.1, -0.05) is 32.0 Å². The monoisotopic (exact) mass is 481 g/mol. The van der Waals surface area contributed by atoms with Gasteiger partial charge in [-0.3, -0.25) is 9.59 Å². The van der Waals surface area contributed by atoms with Gasteiger partial charge in [0.1, 0.15) is 17.5 Å². The molecule has 0 aliphatic carbocycles. The van der Waals surface area contributed by atoms with Crippen LogP contribution < -0.4 is 19.7 Å². The number of nitriles is 1. The van der Waals surface area contributed by atoms with Gasteiger partial charge in [0.25, 0.3) is 11.8 Å². The van der Waals surface area contributed by atoms with Crippen molar-refractivity contribution >= 4 is 23.5 Å². The van der Waals surface area contributed by atoms with Crippen LogP contribution >= 0.6 is 0 Å². The molecule has 0 aromatic heterocycles. The molecular formula is C26H31N3O6. The fraction of sp³-hybridized carbons (Fsp3) is 0.385. The van der Waals surface area contributed by atoms with Crippen LogP contribution in [-0.2, 0) is 14.3 Å². The Balaban J connectivity index is 2.16. The number of para-hydroxylation sites is 1. The lowest BCUT2D eigenvalue weighted by Gasteiger charge is -2.27. The van der Waals surface area contributed by atoms with E-state index in [9.17, 15) is 14.4 Å². The van der Waals surface area contributed by atoms with Crippen LogP contribution in [0.5, 0.6) is 11.5 Å². The number of hydrogen-bond donors (Lipinski definition) is 1. The molecule has 0 saturated carbocycles. The maximum atomic E-state index is 13.1. The summed E-state index contributed by atoms with van der Waals surface area (Å²) in [5.74, 6) is -1.18. The molecule has 2 unspecified atom stereocenters. The minimum Gasteiger partial charge on any atom is -0.497 e. The molecule has 9 nitrogen and oxygen atoms in total. The molecule has 9 heteroatoms. The molecule has 2 aromatic rings. The quantitative estimate of drug-likeness (QED) is 0.489. The van der Waals surface area contributed by atoms with Gasteiger partial charge in [-0.25, -0.2) is 4.79 Å². The van der Waals surface area contributed by atoms with Crippen LogP contribution in [0.3, 0.4) is 0 Å². The van der Waals surface area contributed by atoms with Gasteiger partial charge < -0.3 is 24.4 Å². The summed E-state index contributed by atoms with van der Waals surface area (Å²) in [6, 6.07) is 14.5. The van der Waals surface area contributed by atoms with Crippen molar-refractivity contribution in [1.29, 1.82) is 5.26 Å². The fourth-order valence-corrected chi connectivity index (χ4v) is 3.31. The molecule has 0 saturated heterocycles. The number of nitrogens with zero attached hydrogens (tertiary/aromatic N) is 2. The van der Waals surface area contributed by atoms with E-state index in [2.05, 4.69) is 5.32 Å². The molecule has 1 N–H and O–H groups in total. The highest BCUT2D eigenvalue weighted by atomic mass is 16.5. The smallest absolute Gasteiger partial charge is 0.329 e. The average Bonchev–Trinajstić information content (AvgIpc) is 2.86. The van der Waals surface area contributed by atoms with Crippen molar-refractivity contribution in [3.05, 3.63) is 54.1 Å². The zero-order valence-electron chi connectivity index (χ0n) is 20.6. The van der Waals surface area contributed by atoms with E-state index in [-0.39, 0.29) is 24.4 Å². The number of methoxy groups -OCH3 is 2. The van der Waals surface area contributed by atoms with Crippen molar-refractivity contribution in [1.82, 2.24) is 5.32 Å². The van der Waals surface area contributed by atoms with Gasteiger partial charge >= 0.3 is 5.97 Å². The summed E-state index contributed by atoms with van der Waals surface area (Å²) in [5.41, 5.74) is 0.840. The first-order chi connectivity index (χ1) is 16.7. The maximum absolute atomic E-state index is 13.1. The number of anilines is 1. The van der Waals surface area contributed by atoms with Crippen LogP contribution in [0.15, 0.2) is 48.5 Å². The highest BCUT2D eigenvalue weighted by Gasteiger charge is 2.31. The number of rotatable bonds is 11. The first-order valence-electron chi connectivity index (χ1n) is 11.2. The number of ether oxygens (including phenoxy) is 3. The van der Waals surface area contributed by atoms with Crippen molar-refractivity contribution < 1.29 is 28.6 Å². The Bertz CT molecular complexity index is 1040. The molecule has 0 aliphatic rings. The Labute approximate surface area is 205 Å². The van der Waals surface area contributed by atoms with Crippen LogP contribution in [0.25, 0.3) is 0 Å². The Morgan fingerprint density at radius 1 is 1.00 bits per heavy atom. The normalized spacial score (nSPS) is 12.1. The van der Waals surface area contributed by atoms with E-state index >= 15 is 0 Å². The number of nitrogens with one attached hydrogen (secondary N) is 1. The van der Waals surface area contributed by atoms with Crippen LogP contribution in [0.1, 0.15) is 37.6 Å². The van der Waals surface area contributed by atoms with Crippen LogP contribution in [0.4, 0.5) is 5.69 Å². The molecule has 0 radical (unpaired) electrons. The molecular weight excluding hydrogens is 450 g/mol. The van der Waals surface area contributed by atoms with Crippen molar-refractivity contribution in [2.75, 3.05) is 25.7 Å². The first-order valence-corrected chi connectivity index (χ1v) is 11.2. The third-order valence-corrected chi connectivity index (χ3v) is 5.24. The predicted molar refractivity (Wildman–Crippen MR) is 130 cm³/mol. The summed E-state index contributed by atoms with van der Waals surface area (Å²) < 4.78 is 15.9. The van der Waals surface area contributed by atoms with E-state index in [1.54, 1.807) is 44.2 Å². The van der Waals surface area contributed by atoms with Crippen molar-refractivity contribution in [2.24, 2.45) is 5.92 Å². The lowest BCUT2D eigenvalue weighted by molar-refractivity contribution is -0.156. The van der Waals surface area contributed by atoms with E-state index < -0.39 is 29.9 Å². The lowest BCUT2D eigenvalue weighted by atomic mass is 10.0. The number of carbonyl (C=O) groups is 3. The molecule has 2 rings (SSSR count).